The van der Waals surface area contributed by atoms with Gasteiger partial charge < -0.3 is 10.1 Å². The van der Waals surface area contributed by atoms with Crippen molar-refractivity contribution >= 4 is 5.97 Å². The van der Waals surface area contributed by atoms with Crippen molar-refractivity contribution in [3.8, 4) is 0 Å². The van der Waals surface area contributed by atoms with E-state index in [1.807, 2.05) is 6.92 Å². The summed E-state index contributed by atoms with van der Waals surface area (Å²) in [6.45, 7) is 7.00. The maximum absolute atomic E-state index is 12.2. The summed E-state index contributed by atoms with van der Waals surface area (Å²) in [5.74, 6) is -0.144. The van der Waals surface area contributed by atoms with E-state index in [0.29, 0.717) is 0 Å². The zero-order chi connectivity index (χ0) is 14.8. The average Bonchev–Trinajstić information content (AvgIpc) is 3.00. The number of rotatable bonds is 5. The molecule has 112 valence electrons. The summed E-state index contributed by atoms with van der Waals surface area (Å²) in [6.07, 6.45) is 3.52. The molecule has 1 aliphatic carbocycles. The maximum atomic E-state index is 12.2. The number of hydrogen-bond donors (Lipinski definition) is 1. The summed E-state index contributed by atoms with van der Waals surface area (Å²) in [7, 11) is 1.47. The molecular weight excluding hydrogens is 254 g/mol. The molecule has 1 N–H and O–H groups in total. The van der Waals surface area contributed by atoms with Crippen molar-refractivity contribution in [2.24, 2.45) is 0 Å². The monoisotopic (exact) mass is 279 g/mol. The Labute approximate surface area is 120 Å². The first-order valence-electron chi connectivity index (χ1n) is 7.38. The summed E-state index contributed by atoms with van der Waals surface area (Å²) in [4.78, 5) is 12.2. The topological polar surface area (TPSA) is 56.1 Å². The molecule has 1 aromatic heterocycles. The Kier molecular flexibility index (Phi) is 4.48. The highest BCUT2D eigenvalue weighted by Gasteiger charge is 2.46. The van der Waals surface area contributed by atoms with Gasteiger partial charge in [-0.3, -0.25) is 9.48 Å². The predicted molar refractivity (Wildman–Crippen MR) is 77.6 cm³/mol. The number of aryl methyl sites for hydroxylation is 2. The minimum absolute atomic E-state index is 0.144. The van der Waals surface area contributed by atoms with Gasteiger partial charge in [0.05, 0.1) is 18.8 Å². The summed E-state index contributed by atoms with van der Waals surface area (Å²) in [5, 5.41) is 7.97. The number of methoxy groups -OCH3 is 1. The number of nitrogens with one attached hydrogen (secondary N) is 1. The zero-order valence-corrected chi connectivity index (χ0v) is 12.9. The summed E-state index contributed by atoms with van der Waals surface area (Å²) in [6, 6.07) is 2.35. The molecule has 5 heteroatoms. The molecule has 1 fully saturated rings. The highest BCUT2D eigenvalue weighted by atomic mass is 16.5. The van der Waals surface area contributed by atoms with E-state index in [4.69, 9.17) is 4.74 Å². The van der Waals surface area contributed by atoms with Crippen LogP contribution < -0.4 is 5.32 Å². The van der Waals surface area contributed by atoms with E-state index in [9.17, 15) is 4.79 Å². The Bertz CT molecular complexity index is 483. The van der Waals surface area contributed by atoms with Crippen molar-refractivity contribution in [3.05, 3.63) is 17.5 Å². The Morgan fingerprint density at radius 1 is 1.60 bits per heavy atom. The number of esters is 1. The second-order valence-corrected chi connectivity index (χ2v) is 5.77. The van der Waals surface area contributed by atoms with Crippen LogP contribution in [0, 0.1) is 13.8 Å². The lowest BCUT2D eigenvalue weighted by molar-refractivity contribution is -0.148. The van der Waals surface area contributed by atoms with Crippen molar-refractivity contribution < 1.29 is 9.53 Å². The Morgan fingerprint density at radius 2 is 2.35 bits per heavy atom. The first kappa shape index (κ1) is 15.0. The Morgan fingerprint density at radius 3 is 2.90 bits per heavy atom. The number of aromatic nitrogens is 2. The highest BCUT2D eigenvalue weighted by Crippen LogP contribution is 2.39. The predicted octanol–water partition coefficient (Wildman–Crippen LogP) is 2.14. The van der Waals surface area contributed by atoms with E-state index in [0.717, 1.165) is 43.6 Å². The van der Waals surface area contributed by atoms with Crippen molar-refractivity contribution in [3.63, 3.8) is 0 Å². The van der Waals surface area contributed by atoms with Crippen LogP contribution in [-0.2, 0) is 9.53 Å². The third-order valence-electron chi connectivity index (χ3n) is 4.17. The molecule has 2 unspecified atom stereocenters. The van der Waals surface area contributed by atoms with Crippen LogP contribution in [0.15, 0.2) is 6.07 Å². The van der Waals surface area contributed by atoms with Crippen molar-refractivity contribution in [1.29, 1.82) is 0 Å². The van der Waals surface area contributed by atoms with Crippen molar-refractivity contribution in [2.45, 2.75) is 58.0 Å². The zero-order valence-electron chi connectivity index (χ0n) is 12.9. The normalized spacial score (nSPS) is 25.9. The molecule has 0 aliphatic heterocycles. The van der Waals surface area contributed by atoms with Gasteiger partial charge in [0, 0.05) is 5.69 Å². The van der Waals surface area contributed by atoms with Crippen molar-refractivity contribution in [2.75, 3.05) is 13.7 Å². The molecule has 1 heterocycles. The fourth-order valence-corrected chi connectivity index (χ4v) is 3.22. The summed E-state index contributed by atoms with van der Waals surface area (Å²) < 4.78 is 7.09. The molecule has 2 atom stereocenters. The lowest BCUT2D eigenvalue weighted by atomic mass is 9.97. The van der Waals surface area contributed by atoms with Gasteiger partial charge in [-0.05, 0) is 52.1 Å². The smallest absolute Gasteiger partial charge is 0.326 e. The van der Waals surface area contributed by atoms with Gasteiger partial charge in [-0.15, -0.1) is 0 Å². The molecule has 0 spiro atoms. The van der Waals surface area contributed by atoms with E-state index in [-0.39, 0.29) is 12.0 Å². The van der Waals surface area contributed by atoms with Gasteiger partial charge in [0.1, 0.15) is 5.54 Å². The van der Waals surface area contributed by atoms with Crippen LogP contribution in [0.4, 0.5) is 0 Å². The molecule has 0 saturated heterocycles. The number of nitrogens with zero attached hydrogens (tertiary/aromatic N) is 2. The van der Waals surface area contributed by atoms with E-state index < -0.39 is 5.54 Å². The van der Waals surface area contributed by atoms with E-state index >= 15 is 0 Å². The summed E-state index contributed by atoms with van der Waals surface area (Å²) >= 11 is 0. The Hall–Kier alpha value is -1.36. The van der Waals surface area contributed by atoms with Gasteiger partial charge in [0.2, 0.25) is 0 Å². The molecule has 1 aliphatic rings. The van der Waals surface area contributed by atoms with Crippen LogP contribution in [0.3, 0.4) is 0 Å². The lowest BCUT2D eigenvalue weighted by Crippen LogP contribution is -2.51. The second-order valence-electron chi connectivity index (χ2n) is 5.77. The van der Waals surface area contributed by atoms with Gasteiger partial charge in [-0.2, -0.15) is 5.10 Å². The van der Waals surface area contributed by atoms with Crippen LogP contribution in [0.2, 0.25) is 0 Å². The largest absolute Gasteiger partial charge is 0.468 e. The fourth-order valence-electron chi connectivity index (χ4n) is 3.22. The molecule has 0 bridgehead atoms. The van der Waals surface area contributed by atoms with Gasteiger partial charge in [0.15, 0.2) is 0 Å². The number of carbonyl (C=O) groups excluding carboxylic acids is 1. The van der Waals surface area contributed by atoms with Crippen LogP contribution in [0.5, 0.6) is 0 Å². The van der Waals surface area contributed by atoms with Gasteiger partial charge >= 0.3 is 5.97 Å². The molecule has 0 radical (unpaired) electrons. The quantitative estimate of drug-likeness (QED) is 0.839. The molecule has 1 aromatic rings. The molecule has 1 saturated carbocycles. The van der Waals surface area contributed by atoms with Gasteiger partial charge in [0.25, 0.3) is 0 Å². The minimum atomic E-state index is -0.540. The number of hydrogen-bond acceptors (Lipinski definition) is 4. The van der Waals surface area contributed by atoms with E-state index in [2.05, 4.69) is 35.0 Å². The van der Waals surface area contributed by atoms with E-state index in [1.54, 1.807) is 0 Å². The molecule has 5 nitrogen and oxygen atoms in total. The number of carbonyl (C=O) groups is 1. The first-order chi connectivity index (χ1) is 9.52. The molecular formula is C15H25N3O2. The SMILES string of the molecule is CCCNC1(C(=O)OC)CCC(n2nc(C)cc2C)C1. The average molecular weight is 279 g/mol. The molecule has 20 heavy (non-hydrogen) atoms. The third kappa shape index (κ3) is 2.73. The Balaban J connectivity index is 2.18. The molecule has 0 aromatic carbocycles. The van der Waals surface area contributed by atoms with Crippen LogP contribution >= 0.6 is 0 Å². The summed E-state index contributed by atoms with van der Waals surface area (Å²) in [5.41, 5.74) is 1.64. The second kappa shape index (κ2) is 5.95. The highest BCUT2D eigenvalue weighted by molar-refractivity contribution is 5.81. The number of ether oxygens (including phenoxy) is 1. The maximum Gasteiger partial charge on any atom is 0.326 e. The third-order valence-corrected chi connectivity index (χ3v) is 4.17. The molecule has 2 rings (SSSR count). The van der Waals surface area contributed by atoms with Gasteiger partial charge in [-0.1, -0.05) is 6.92 Å². The van der Waals surface area contributed by atoms with E-state index in [1.165, 1.54) is 7.11 Å². The van der Waals surface area contributed by atoms with Crippen LogP contribution in [0.25, 0.3) is 0 Å². The fraction of sp³-hybridized carbons (Fsp3) is 0.733. The first-order valence-corrected chi connectivity index (χ1v) is 7.38. The van der Waals surface area contributed by atoms with Crippen LogP contribution in [0.1, 0.15) is 50.0 Å². The lowest BCUT2D eigenvalue weighted by Gasteiger charge is -2.27. The minimum Gasteiger partial charge on any atom is -0.468 e. The molecule has 0 amide bonds. The standard InChI is InChI=1S/C15H25N3O2/c1-5-8-16-15(14(19)20-4)7-6-13(10-15)18-12(3)9-11(2)17-18/h9,13,16H,5-8,10H2,1-4H3. The van der Waals surface area contributed by atoms with Gasteiger partial charge in [-0.25, -0.2) is 0 Å². The van der Waals surface area contributed by atoms with Crippen molar-refractivity contribution in [1.82, 2.24) is 15.1 Å². The van der Waals surface area contributed by atoms with Crippen LogP contribution in [-0.4, -0.2) is 34.9 Å².